The minimum atomic E-state index is -4.25. The van der Waals surface area contributed by atoms with Gasteiger partial charge >= 0.3 is 5.03 Å². The lowest BCUT2D eigenvalue weighted by Crippen LogP contribution is -2.14. The average Bonchev–Trinajstić information content (AvgIpc) is 2.51. The van der Waals surface area contributed by atoms with Gasteiger partial charge in [0.2, 0.25) is 0 Å². The lowest BCUT2D eigenvalue weighted by atomic mass is 10.3. The monoisotopic (exact) mass is 372 g/mol. The van der Waals surface area contributed by atoms with E-state index in [4.69, 9.17) is 23.2 Å². The number of nitrogens with one attached hydrogen (secondary N) is 1. The van der Waals surface area contributed by atoms with Gasteiger partial charge in [0.25, 0.3) is 9.84 Å². The van der Waals surface area contributed by atoms with Crippen LogP contribution in [0.15, 0.2) is 64.7 Å². The van der Waals surface area contributed by atoms with Gasteiger partial charge < -0.3 is 5.32 Å². The third kappa shape index (κ3) is 4.01. The Bertz CT molecular complexity index is 868. The Morgan fingerprint density at radius 1 is 1.09 bits per heavy atom. The van der Waals surface area contributed by atoms with Crippen LogP contribution in [-0.4, -0.2) is 13.3 Å². The fourth-order valence-corrected chi connectivity index (χ4v) is 3.15. The summed E-state index contributed by atoms with van der Waals surface area (Å²) in [6, 6.07) is 11.6. The number of rotatable bonds is 5. The zero-order valence-electron chi connectivity index (χ0n) is 11.4. The van der Waals surface area contributed by atoms with Crippen molar-refractivity contribution >= 4 is 38.7 Å². The molecule has 1 N–H and O–H groups in total. The minimum Gasteiger partial charge on any atom is -0.355 e. The van der Waals surface area contributed by atoms with Crippen molar-refractivity contribution in [3.8, 4) is 0 Å². The van der Waals surface area contributed by atoms with Gasteiger partial charge in [0.05, 0.1) is 26.1 Å². The van der Waals surface area contributed by atoms with E-state index in [2.05, 4.69) is 5.32 Å². The van der Waals surface area contributed by atoms with Gasteiger partial charge in [-0.15, -0.1) is 0 Å². The quantitative estimate of drug-likeness (QED) is 0.633. The topological polar surface area (TPSA) is 89.3 Å². The minimum absolute atomic E-state index is 0.168. The lowest BCUT2D eigenvalue weighted by Gasteiger charge is -2.05. The highest BCUT2D eigenvalue weighted by molar-refractivity contribution is 7.95. The molecule has 0 atom stereocenters. The average molecular weight is 373 g/mol. The number of benzene rings is 2. The Balaban J connectivity index is 2.38. The van der Waals surface area contributed by atoms with E-state index in [0.717, 1.165) is 6.20 Å². The first kappa shape index (κ1) is 17.3. The van der Waals surface area contributed by atoms with Crippen molar-refractivity contribution in [2.24, 2.45) is 0 Å². The van der Waals surface area contributed by atoms with Gasteiger partial charge in [-0.2, -0.15) is 0 Å². The zero-order valence-corrected chi connectivity index (χ0v) is 13.8. The number of nitrogens with zero attached hydrogens (tertiary/aromatic N) is 1. The Morgan fingerprint density at radius 3 is 2.30 bits per heavy atom. The third-order valence-electron chi connectivity index (χ3n) is 2.79. The zero-order chi connectivity index (χ0) is 17.0. The normalized spacial score (nSPS) is 12.0. The second-order valence-electron chi connectivity index (χ2n) is 4.33. The van der Waals surface area contributed by atoms with E-state index in [1.54, 1.807) is 6.07 Å². The fraction of sp³-hybridized carbons (Fsp3) is 0. The molecule has 2 aromatic carbocycles. The first-order chi connectivity index (χ1) is 10.8. The van der Waals surface area contributed by atoms with Gasteiger partial charge in [-0.25, -0.2) is 8.42 Å². The predicted octanol–water partition coefficient (Wildman–Crippen LogP) is 3.95. The molecule has 0 saturated heterocycles. The Morgan fingerprint density at radius 2 is 1.74 bits per heavy atom. The number of sulfone groups is 1. The molecule has 120 valence electrons. The molecule has 0 fully saturated rings. The van der Waals surface area contributed by atoms with E-state index in [-0.39, 0.29) is 9.92 Å². The molecule has 0 heterocycles. The predicted molar refractivity (Wildman–Crippen MR) is 88.8 cm³/mol. The summed E-state index contributed by atoms with van der Waals surface area (Å²) in [5.74, 6) is 0. The van der Waals surface area contributed by atoms with Crippen LogP contribution < -0.4 is 5.32 Å². The molecular formula is C14H10Cl2N2O4S. The largest absolute Gasteiger partial charge is 0.379 e. The molecular weight excluding hydrogens is 363 g/mol. The van der Waals surface area contributed by atoms with Crippen molar-refractivity contribution < 1.29 is 13.3 Å². The summed E-state index contributed by atoms with van der Waals surface area (Å²) in [6.07, 6.45) is 0.807. The molecule has 0 bridgehead atoms. The van der Waals surface area contributed by atoms with Gasteiger partial charge in [0, 0.05) is 5.69 Å². The highest BCUT2D eigenvalue weighted by Gasteiger charge is 2.31. The highest BCUT2D eigenvalue weighted by atomic mass is 35.5. The number of hydrogen-bond donors (Lipinski definition) is 1. The van der Waals surface area contributed by atoms with Crippen molar-refractivity contribution in [3.63, 3.8) is 0 Å². The SMILES string of the molecule is O=[N+]([O-])C(=CNc1ccc(Cl)c(Cl)c1)S(=O)(=O)c1ccccc1. The van der Waals surface area contributed by atoms with Gasteiger partial charge in [-0.05, 0) is 30.3 Å². The van der Waals surface area contributed by atoms with Crippen LogP contribution in [0.5, 0.6) is 0 Å². The first-order valence-electron chi connectivity index (χ1n) is 6.18. The van der Waals surface area contributed by atoms with Crippen LogP contribution in [-0.2, 0) is 9.84 Å². The summed E-state index contributed by atoms with van der Waals surface area (Å²) in [6.45, 7) is 0. The fourth-order valence-electron chi connectivity index (χ4n) is 1.68. The molecule has 0 unspecified atom stereocenters. The molecule has 9 heteroatoms. The molecule has 2 rings (SSSR count). The van der Waals surface area contributed by atoms with Gasteiger partial charge in [0.1, 0.15) is 0 Å². The van der Waals surface area contributed by atoms with Gasteiger partial charge in [-0.1, -0.05) is 41.4 Å². The Kier molecular flexibility index (Phi) is 5.25. The standard InChI is InChI=1S/C14H10Cl2N2O4S/c15-12-7-6-10(8-13(12)16)17-9-14(18(19)20)23(21,22)11-4-2-1-3-5-11/h1-9,17H. The maximum atomic E-state index is 12.3. The Hall–Kier alpha value is -2.09. The molecule has 0 aromatic heterocycles. The summed E-state index contributed by atoms with van der Waals surface area (Å²) in [5.41, 5.74) is 0.363. The van der Waals surface area contributed by atoms with Crippen molar-refractivity contribution in [3.05, 3.63) is 79.9 Å². The maximum absolute atomic E-state index is 12.3. The van der Waals surface area contributed by atoms with Crippen LogP contribution in [0.2, 0.25) is 10.0 Å². The summed E-state index contributed by atoms with van der Waals surface area (Å²) >= 11 is 11.6. The molecule has 0 radical (unpaired) electrons. The van der Waals surface area contributed by atoms with E-state index in [0.29, 0.717) is 10.7 Å². The van der Waals surface area contributed by atoms with Crippen LogP contribution in [0.25, 0.3) is 0 Å². The number of nitro groups is 1. The van der Waals surface area contributed by atoms with Gasteiger partial charge in [0.15, 0.2) is 0 Å². The van der Waals surface area contributed by atoms with Crippen molar-refractivity contribution in [1.82, 2.24) is 0 Å². The molecule has 6 nitrogen and oxygen atoms in total. The van der Waals surface area contributed by atoms with Crippen LogP contribution in [0.4, 0.5) is 5.69 Å². The second kappa shape index (κ2) is 6.99. The molecule has 0 saturated carbocycles. The third-order valence-corrected chi connectivity index (χ3v) is 5.24. The highest BCUT2D eigenvalue weighted by Crippen LogP contribution is 2.26. The summed E-state index contributed by atoms with van der Waals surface area (Å²) < 4.78 is 24.6. The molecule has 0 aliphatic carbocycles. The van der Waals surface area contributed by atoms with Crippen molar-refractivity contribution in [2.75, 3.05) is 5.32 Å². The maximum Gasteiger partial charge on any atom is 0.379 e. The van der Waals surface area contributed by atoms with E-state index in [9.17, 15) is 18.5 Å². The van der Waals surface area contributed by atoms with Crippen LogP contribution >= 0.6 is 23.2 Å². The molecule has 2 aromatic rings. The number of halogens is 2. The summed E-state index contributed by atoms with van der Waals surface area (Å²) in [7, 11) is -4.25. The van der Waals surface area contributed by atoms with Crippen molar-refractivity contribution in [2.45, 2.75) is 4.90 Å². The van der Waals surface area contributed by atoms with E-state index in [1.807, 2.05) is 0 Å². The molecule has 0 aliphatic rings. The smallest absolute Gasteiger partial charge is 0.355 e. The van der Waals surface area contributed by atoms with Crippen molar-refractivity contribution in [1.29, 1.82) is 0 Å². The summed E-state index contributed by atoms with van der Waals surface area (Å²) in [5, 5.41) is 13.2. The summed E-state index contributed by atoms with van der Waals surface area (Å²) in [4.78, 5) is 10.00. The Labute approximate surface area is 142 Å². The number of anilines is 1. The van der Waals surface area contributed by atoms with E-state index < -0.39 is 19.8 Å². The van der Waals surface area contributed by atoms with E-state index in [1.165, 1.54) is 42.5 Å². The first-order valence-corrected chi connectivity index (χ1v) is 8.42. The van der Waals surface area contributed by atoms with Crippen LogP contribution in [0.3, 0.4) is 0 Å². The van der Waals surface area contributed by atoms with Crippen LogP contribution in [0.1, 0.15) is 0 Å². The van der Waals surface area contributed by atoms with Gasteiger partial charge in [-0.3, -0.25) is 10.1 Å². The second-order valence-corrected chi connectivity index (χ2v) is 7.04. The van der Waals surface area contributed by atoms with E-state index >= 15 is 0 Å². The molecule has 0 aliphatic heterocycles. The molecule has 0 amide bonds. The number of hydrogen-bond acceptors (Lipinski definition) is 5. The molecule has 0 spiro atoms. The van der Waals surface area contributed by atoms with Crippen LogP contribution in [0, 0.1) is 10.1 Å². The lowest BCUT2D eigenvalue weighted by molar-refractivity contribution is -0.411. The molecule has 23 heavy (non-hydrogen) atoms.